The van der Waals surface area contributed by atoms with Gasteiger partial charge in [-0.25, -0.2) is 4.98 Å². The van der Waals surface area contributed by atoms with Crippen molar-refractivity contribution < 1.29 is 9.90 Å². The van der Waals surface area contributed by atoms with Crippen LogP contribution in [0.25, 0.3) is 11.3 Å². The maximum Gasteiger partial charge on any atom is 0.320 e. The van der Waals surface area contributed by atoms with Gasteiger partial charge in [-0.15, -0.1) is 0 Å². The molecule has 1 atom stereocenters. The lowest BCUT2D eigenvalue weighted by Gasteiger charge is -2.02. The van der Waals surface area contributed by atoms with Crippen molar-refractivity contribution >= 4 is 5.97 Å². The molecule has 2 aromatic rings. The molecule has 0 fully saturated rings. The van der Waals surface area contributed by atoms with Gasteiger partial charge in [-0.1, -0.05) is 30.3 Å². The molecule has 5 heteroatoms. The Morgan fingerprint density at radius 2 is 2.12 bits per heavy atom. The van der Waals surface area contributed by atoms with Gasteiger partial charge in [-0.2, -0.15) is 0 Å². The lowest BCUT2D eigenvalue weighted by Crippen LogP contribution is -2.32. The molecule has 1 heterocycles. The monoisotopic (exact) mass is 231 g/mol. The summed E-state index contributed by atoms with van der Waals surface area (Å²) in [6.07, 6.45) is 1.88. The first kappa shape index (κ1) is 11.3. The number of hydrogen-bond donors (Lipinski definition) is 3. The molecule has 1 aromatic carbocycles. The molecular formula is C12H13N3O2. The molecule has 2 rings (SSSR count). The zero-order chi connectivity index (χ0) is 12.3. The highest BCUT2D eigenvalue weighted by Crippen LogP contribution is 2.16. The largest absolute Gasteiger partial charge is 0.480 e. The Hall–Kier alpha value is -2.14. The number of carbonyl (C=O) groups is 1. The van der Waals surface area contributed by atoms with Crippen LogP contribution in [0.1, 0.15) is 5.82 Å². The predicted molar refractivity (Wildman–Crippen MR) is 63.3 cm³/mol. The summed E-state index contributed by atoms with van der Waals surface area (Å²) >= 11 is 0. The van der Waals surface area contributed by atoms with Gasteiger partial charge >= 0.3 is 5.97 Å². The number of nitrogens with zero attached hydrogens (tertiary/aromatic N) is 1. The SMILES string of the molecule is N[C@H](Cc1ncc(-c2ccccc2)[nH]1)C(=O)O. The van der Waals surface area contributed by atoms with Crippen molar-refractivity contribution in [3.8, 4) is 11.3 Å². The van der Waals surface area contributed by atoms with E-state index in [1.165, 1.54) is 0 Å². The number of H-pyrrole nitrogens is 1. The highest BCUT2D eigenvalue weighted by atomic mass is 16.4. The minimum Gasteiger partial charge on any atom is -0.480 e. The Balaban J connectivity index is 2.14. The molecule has 0 spiro atoms. The van der Waals surface area contributed by atoms with Crippen LogP contribution in [0.4, 0.5) is 0 Å². The zero-order valence-corrected chi connectivity index (χ0v) is 9.13. The van der Waals surface area contributed by atoms with E-state index in [0.717, 1.165) is 11.3 Å². The standard InChI is InChI=1S/C12H13N3O2/c13-9(12(16)17)6-11-14-7-10(15-11)8-4-2-1-3-5-8/h1-5,7,9H,6,13H2,(H,14,15)(H,16,17)/t9-/m1/s1. The predicted octanol–water partition coefficient (Wildman–Crippen LogP) is 1.03. The molecule has 5 nitrogen and oxygen atoms in total. The van der Waals surface area contributed by atoms with Crippen LogP contribution in [0.5, 0.6) is 0 Å². The van der Waals surface area contributed by atoms with Gasteiger partial charge in [0.2, 0.25) is 0 Å². The van der Waals surface area contributed by atoms with Crippen molar-refractivity contribution in [2.45, 2.75) is 12.5 Å². The average molecular weight is 231 g/mol. The number of benzene rings is 1. The van der Waals surface area contributed by atoms with Crippen molar-refractivity contribution in [1.82, 2.24) is 9.97 Å². The highest BCUT2D eigenvalue weighted by molar-refractivity contribution is 5.73. The van der Waals surface area contributed by atoms with E-state index in [4.69, 9.17) is 10.8 Å². The van der Waals surface area contributed by atoms with Gasteiger partial charge in [0.05, 0.1) is 11.9 Å². The van der Waals surface area contributed by atoms with E-state index < -0.39 is 12.0 Å². The second-order valence-corrected chi connectivity index (χ2v) is 3.76. The average Bonchev–Trinajstić information content (AvgIpc) is 2.78. The van der Waals surface area contributed by atoms with Gasteiger partial charge in [0.1, 0.15) is 11.9 Å². The van der Waals surface area contributed by atoms with Crippen LogP contribution in [0.3, 0.4) is 0 Å². The Morgan fingerprint density at radius 3 is 2.76 bits per heavy atom. The van der Waals surface area contributed by atoms with Gasteiger partial charge in [0.15, 0.2) is 0 Å². The number of nitrogens with one attached hydrogen (secondary N) is 1. The molecule has 88 valence electrons. The van der Waals surface area contributed by atoms with E-state index in [-0.39, 0.29) is 6.42 Å². The van der Waals surface area contributed by atoms with E-state index in [0.29, 0.717) is 5.82 Å². The molecule has 1 aromatic heterocycles. The van der Waals surface area contributed by atoms with E-state index in [2.05, 4.69) is 9.97 Å². The summed E-state index contributed by atoms with van der Waals surface area (Å²) in [6.45, 7) is 0. The number of aromatic amines is 1. The number of aliphatic carboxylic acids is 1. The first-order valence-electron chi connectivity index (χ1n) is 5.24. The summed E-state index contributed by atoms with van der Waals surface area (Å²) in [5, 5.41) is 8.70. The smallest absolute Gasteiger partial charge is 0.320 e. The third-order valence-electron chi connectivity index (χ3n) is 2.44. The maximum atomic E-state index is 10.6. The molecular weight excluding hydrogens is 218 g/mol. The Morgan fingerprint density at radius 1 is 1.41 bits per heavy atom. The van der Waals surface area contributed by atoms with Crippen LogP contribution >= 0.6 is 0 Å². The number of hydrogen-bond acceptors (Lipinski definition) is 3. The summed E-state index contributed by atoms with van der Waals surface area (Å²) in [7, 11) is 0. The fourth-order valence-electron chi connectivity index (χ4n) is 1.53. The van der Waals surface area contributed by atoms with Crippen molar-refractivity contribution in [2.24, 2.45) is 5.73 Å². The molecule has 0 radical (unpaired) electrons. The Kier molecular flexibility index (Phi) is 3.20. The minimum atomic E-state index is -1.03. The van der Waals surface area contributed by atoms with Crippen molar-refractivity contribution in [3.05, 3.63) is 42.4 Å². The third kappa shape index (κ3) is 2.70. The first-order chi connectivity index (χ1) is 8.16. The third-order valence-corrected chi connectivity index (χ3v) is 2.44. The van der Waals surface area contributed by atoms with Crippen LogP contribution < -0.4 is 5.73 Å². The molecule has 0 saturated heterocycles. The van der Waals surface area contributed by atoms with E-state index >= 15 is 0 Å². The fourth-order valence-corrected chi connectivity index (χ4v) is 1.53. The first-order valence-corrected chi connectivity index (χ1v) is 5.24. The number of carboxylic acids is 1. The Bertz CT molecular complexity index is 507. The molecule has 0 aliphatic heterocycles. The van der Waals surface area contributed by atoms with Crippen molar-refractivity contribution in [2.75, 3.05) is 0 Å². The van der Waals surface area contributed by atoms with E-state index in [1.54, 1.807) is 6.20 Å². The topological polar surface area (TPSA) is 92.0 Å². The number of imidazole rings is 1. The number of nitrogens with two attached hydrogens (primary N) is 1. The van der Waals surface area contributed by atoms with E-state index in [9.17, 15) is 4.79 Å². The second kappa shape index (κ2) is 4.80. The lowest BCUT2D eigenvalue weighted by molar-refractivity contribution is -0.138. The molecule has 4 N–H and O–H groups in total. The van der Waals surface area contributed by atoms with E-state index in [1.807, 2.05) is 30.3 Å². The lowest BCUT2D eigenvalue weighted by atomic mass is 10.2. The van der Waals surface area contributed by atoms with Gasteiger partial charge in [0, 0.05) is 6.42 Å². The van der Waals surface area contributed by atoms with Crippen LogP contribution in [-0.2, 0) is 11.2 Å². The van der Waals surface area contributed by atoms with Crippen LogP contribution in [0, 0.1) is 0 Å². The number of rotatable bonds is 4. The number of carboxylic acid groups (broad SMARTS) is 1. The summed E-state index contributed by atoms with van der Waals surface area (Å²) in [5.74, 6) is -0.443. The molecule has 0 amide bonds. The number of aromatic nitrogens is 2. The summed E-state index contributed by atoms with van der Waals surface area (Å²) in [5.41, 5.74) is 7.31. The molecule has 0 unspecified atom stereocenters. The maximum absolute atomic E-state index is 10.6. The fraction of sp³-hybridized carbons (Fsp3) is 0.167. The second-order valence-electron chi connectivity index (χ2n) is 3.76. The van der Waals surface area contributed by atoms with Gasteiger partial charge in [0.25, 0.3) is 0 Å². The summed E-state index contributed by atoms with van der Waals surface area (Å²) < 4.78 is 0. The normalized spacial score (nSPS) is 12.3. The van der Waals surface area contributed by atoms with Crippen LogP contribution in [-0.4, -0.2) is 27.1 Å². The zero-order valence-electron chi connectivity index (χ0n) is 9.13. The van der Waals surface area contributed by atoms with Crippen molar-refractivity contribution in [3.63, 3.8) is 0 Å². The highest BCUT2D eigenvalue weighted by Gasteiger charge is 2.14. The van der Waals surface area contributed by atoms with Crippen LogP contribution in [0.15, 0.2) is 36.5 Å². The summed E-state index contributed by atoms with van der Waals surface area (Å²) in [6, 6.07) is 8.77. The van der Waals surface area contributed by atoms with Gasteiger partial charge < -0.3 is 15.8 Å². The molecule has 0 aliphatic rings. The molecule has 0 saturated carbocycles. The van der Waals surface area contributed by atoms with Gasteiger partial charge in [-0.3, -0.25) is 4.79 Å². The van der Waals surface area contributed by atoms with Crippen LogP contribution in [0.2, 0.25) is 0 Å². The van der Waals surface area contributed by atoms with Gasteiger partial charge in [-0.05, 0) is 5.56 Å². The van der Waals surface area contributed by atoms with Crippen molar-refractivity contribution in [1.29, 1.82) is 0 Å². The summed E-state index contributed by atoms with van der Waals surface area (Å²) in [4.78, 5) is 17.8. The molecule has 0 aliphatic carbocycles. The molecule has 0 bridgehead atoms. The Labute approximate surface area is 98.3 Å². The molecule has 17 heavy (non-hydrogen) atoms. The quantitative estimate of drug-likeness (QED) is 0.732. The minimum absolute atomic E-state index is 0.197.